The van der Waals surface area contributed by atoms with Crippen molar-refractivity contribution in [3.63, 3.8) is 0 Å². The summed E-state index contributed by atoms with van der Waals surface area (Å²) in [6.45, 7) is 6.59. The molecule has 1 unspecified atom stereocenters. The second kappa shape index (κ2) is 68.3. The lowest BCUT2D eigenvalue weighted by Crippen LogP contribution is -2.30. The third kappa shape index (κ3) is 65.7. The van der Waals surface area contributed by atoms with E-state index in [1.54, 1.807) is 0 Å². The second-order valence-electron chi connectivity index (χ2n) is 23.4. The molecule has 6 heteroatoms. The first-order valence-corrected chi connectivity index (χ1v) is 34.9. The van der Waals surface area contributed by atoms with E-state index in [4.69, 9.17) is 14.2 Å². The van der Waals surface area contributed by atoms with Crippen molar-refractivity contribution in [2.45, 2.75) is 367 Å². The first-order chi connectivity index (χ1) is 39.5. The summed E-state index contributed by atoms with van der Waals surface area (Å²) in [5.74, 6) is -0.856. The van der Waals surface area contributed by atoms with Crippen LogP contribution in [0.25, 0.3) is 0 Å². The van der Waals surface area contributed by atoms with Gasteiger partial charge in [-0.2, -0.15) is 0 Å². The van der Waals surface area contributed by atoms with Gasteiger partial charge in [-0.15, -0.1) is 0 Å². The monoisotopic (exact) mass is 1120 g/mol. The van der Waals surface area contributed by atoms with Crippen LogP contribution in [0.15, 0.2) is 72.9 Å². The summed E-state index contributed by atoms with van der Waals surface area (Å²) in [7, 11) is 0. The van der Waals surface area contributed by atoms with E-state index in [-0.39, 0.29) is 31.1 Å². The Labute approximate surface area is 497 Å². The molecule has 80 heavy (non-hydrogen) atoms. The van der Waals surface area contributed by atoms with Gasteiger partial charge in [0.05, 0.1) is 0 Å². The standard InChI is InChI=1S/C74H132O6/c1-4-7-10-13-16-19-22-25-28-31-33-34-35-36-37-38-39-40-41-44-46-49-52-55-58-61-64-67-73(76)79-70-71(69-78-72(75)66-63-60-57-54-51-48-45-42-30-27-24-21-18-15-12-9-6-3)80-74(77)68-65-62-59-56-53-50-47-43-32-29-26-23-20-17-14-11-8-5-2/h7,10,16,19,25,28,33-34,36-37,39-40,71H,4-6,8-9,11-15,17-18,20-24,26-27,29-32,35,38,41-70H2,1-3H3/b10-7-,19-16-,28-25-,34-33-,37-36-,40-39-. The molecule has 1 atom stereocenters. The zero-order valence-electron chi connectivity index (χ0n) is 53.3. The van der Waals surface area contributed by atoms with Gasteiger partial charge in [-0.05, 0) is 70.6 Å². The fourth-order valence-corrected chi connectivity index (χ4v) is 10.3. The van der Waals surface area contributed by atoms with Crippen LogP contribution in [0, 0.1) is 0 Å². The molecule has 0 saturated carbocycles. The molecule has 0 aromatic carbocycles. The summed E-state index contributed by atoms with van der Waals surface area (Å²) >= 11 is 0. The number of hydrogen-bond donors (Lipinski definition) is 0. The molecule has 0 aromatic heterocycles. The van der Waals surface area contributed by atoms with E-state index in [1.165, 1.54) is 218 Å². The van der Waals surface area contributed by atoms with Crippen LogP contribution < -0.4 is 0 Å². The minimum Gasteiger partial charge on any atom is -0.462 e. The van der Waals surface area contributed by atoms with Crippen molar-refractivity contribution < 1.29 is 28.6 Å². The van der Waals surface area contributed by atoms with E-state index in [9.17, 15) is 14.4 Å². The average molecular weight is 1120 g/mol. The van der Waals surface area contributed by atoms with Gasteiger partial charge in [-0.3, -0.25) is 14.4 Å². The van der Waals surface area contributed by atoms with Gasteiger partial charge < -0.3 is 14.2 Å². The Bertz CT molecular complexity index is 1470. The highest BCUT2D eigenvalue weighted by Gasteiger charge is 2.19. The quantitative estimate of drug-likeness (QED) is 0.0261. The third-order valence-corrected chi connectivity index (χ3v) is 15.5. The maximum Gasteiger partial charge on any atom is 0.306 e. The van der Waals surface area contributed by atoms with Crippen molar-refractivity contribution in [2.24, 2.45) is 0 Å². The predicted molar refractivity (Wildman–Crippen MR) is 348 cm³/mol. The molecule has 0 N–H and O–H groups in total. The molecule has 0 radical (unpaired) electrons. The zero-order chi connectivity index (χ0) is 57.8. The van der Waals surface area contributed by atoms with Gasteiger partial charge in [0, 0.05) is 19.3 Å². The van der Waals surface area contributed by atoms with Gasteiger partial charge in [0.1, 0.15) is 13.2 Å². The molecule has 0 rings (SSSR count). The molecule has 0 aliphatic rings. The molecule has 0 heterocycles. The first-order valence-electron chi connectivity index (χ1n) is 34.9. The number of esters is 3. The van der Waals surface area contributed by atoms with E-state index < -0.39 is 6.10 Å². The van der Waals surface area contributed by atoms with Crippen LogP contribution in [0.4, 0.5) is 0 Å². The van der Waals surface area contributed by atoms with Crippen molar-refractivity contribution in [1.82, 2.24) is 0 Å². The number of hydrogen-bond acceptors (Lipinski definition) is 6. The van der Waals surface area contributed by atoms with Crippen LogP contribution in [-0.4, -0.2) is 37.2 Å². The number of allylic oxidation sites excluding steroid dienone is 12. The Hall–Kier alpha value is -3.15. The molecule has 0 aliphatic heterocycles. The largest absolute Gasteiger partial charge is 0.462 e. The van der Waals surface area contributed by atoms with Gasteiger partial charge in [0.2, 0.25) is 0 Å². The maximum absolute atomic E-state index is 13.0. The van der Waals surface area contributed by atoms with Gasteiger partial charge >= 0.3 is 17.9 Å². The highest BCUT2D eigenvalue weighted by atomic mass is 16.6. The Balaban J connectivity index is 4.33. The van der Waals surface area contributed by atoms with E-state index in [0.717, 1.165) is 103 Å². The summed E-state index contributed by atoms with van der Waals surface area (Å²) < 4.78 is 17.0. The van der Waals surface area contributed by atoms with Crippen LogP contribution in [0.1, 0.15) is 361 Å². The number of carbonyl (C=O) groups is 3. The van der Waals surface area contributed by atoms with Crippen LogP contribution in [0.3, 0.4) is 0 Å². The first kappa shape index (κ1) is 76.9. The fraction of sp³-hybridized carbons (Fsp3) is 0.797. The highest BCUT2D eigenvalue weighted by Crippen LogP contribution is 2.18. The number of ether oxygens (including phenoxy) is 3. The molecule has 0 aromatic rings. The summed E-state index contributed by atoms with van der Waals surface area (Å²) in [5, 5.41) is 0. The van der Waals surface area contributed by atoms with E-state index in [2.05, 4.69) is 93.7 Å². The normalized spacial score (nSPS) is 12.5. The molecule has 0 fully saturated rings. The number of carbonyl (C=O) groups excluding carboxylic acids is 3. The van der Waals surface area contributed by atoms with Crippen LogP contribution in [0.5, 0.6) is 0 Å². The van der Waals surface area contributed by atoms with E-state index in [1.807, 2.05) is 0 Å². The number of rotatable bonds is 64. The molecule has 0 spiro atoms. The van der Waals surface area contributed by atoms with E-state index in [0.29, 0.717) is 19.3 Å². The predicted octanol–water partition coefficient (Wildman–Crippen LogP) is 24.1. The van der Waals surface area contributed by atoms with Gasteiger partial charge in [-0.25, -0.2) is 0 Å². The zero-order valence-corrected chi connectivity index (χ0v) is 53.3. The molecule has 6 nitrogen and oxygen atoms in total. The highest BCUT2D eigenvalue weighted by molar-refractivity contribution is 5.71. The maximum atomic E-state index is 13.0. The summed E-state index contributed by atoms with van der Waals surface area (Å²) in [6.07, 6.45) is 89.1. The topological polar surface area (TPSA) is 78.9 Å². The smallest absolute Gasteiger partial charge is 0.306 e. The fourth-order valence-electron chi connectivity index (χ4n) is 10.3. The van der Waals surface area contributed by atoms with Crippen molar-refractivity contribution >= 4 is 17.9 Å². The van der Waals surface area contributed by atoms with Crippen molar-refractivity contribution in [2.75, 3.05) is 13.2 Å². The van der Waals surface area contributed by atoms with Crippen molar-refractivity contribution in [1.29, 1.82) is 0 Å². The minimum atomic E-state index is -0.777. The molecule has 464 valence electrons. The lowest BCUT2D eigenvalue weighted by atomic mass is 10.0. The SMILES string of the molecule is CC/C=C\C/C=C\C/C=C\C/C=C\C/C=C\C/C=C\CCCCCCCCCCC(=O)OCC(COC(=O)CCCCCCCCCCCCCCCCCCC)OC(=O)CCCCCCCCCCCCCCCCCCCC. The van der Waals surface area contributed by atoms with E-state index >= 15 is 0 Å². The average Bonchev–Trinajstić information content (AvgIpc) is 3.46. The van der Waals surface area contributed by atoms with Gasteiger partial charge in [0.25, 0.3) is 0 Å². The minimum absolute atomic E-state index is 0.0721. The van der Waals surface area contributed by atoms with Crippen LogP contribution >= 0.6 is 0 Å². The molecule has 0 amide bonds. The van der Waals surface area contributed by atoms with Crippen molar-refractivity contribution in [3.8, 4) is 0 Å². The van der Waals surface area contributed by atoms with Gasteiger partial charge in [0.15, 0.2) is 6.10 Å². The Morgan fingerprint density at radius 2 is 0.487 bits per heavy atom. The lowest BCUT2D eigenvalue weighted by Gasteiger charge is -2.18. The Kier molecular flexibility index (Phi) is 65.7. The van der Waals surface area contributed by atoms with Crippen LogP contribution in [-0.2, 0) is 28.6 Å². The second-order valence-corrected chi connectivity index (χ2v) is 23.4. The summed E-state index contributed by atoms with van der Waals surface area (Å²) in [6, 6.07) is 0. The Morgan fingerprint density at radius 3 is 0.762 bits per heavy atom. The van der Waals surface area contributed by atoms with Gasteiger partial charge in [-0.1, -0.05) is 344 Å². The molecular formula is C74H132O6. The molecular weight excluding hydrogens is 985 g/mol. The Morgan fingerprint density at radius 1 is 0.263 bits per heavy atom. The molecule has 0 saturated heterocycles. The summed E-state index contributed by atoms with van der Waals surface area (Å²) in [5.41, 5.74) is 0. The lowest BCUT2D eigenvalue weighted by molar-refractivity contribution is -0.167. The summed E-state index contributed by atoms with van der Waals surface area (Å²) in [4.78, 5) is 38.5. The third-order valence-electron chi connectivity index (χ3n) is 15.5. The number of unbranched alkanes of at least 4 members (excludes halogenated alkanes) is 41. The van der Waals surface area contributed by atoms with Crippen molar-refractivity contribution in [3.05, 3.63) is 72.9 Å². The molecule has 0 bridgehead atoms. The molecule has 0 aliphatic carbocycles. The van der Waals surface area contributed by atoms with Crippen LogP contribution in [0.2, 0.25) is 0 Å².